The third kappa shape index (κ3) is 5.23. The van der Waals surface area contributed by atoms with Crippen molar-refractivity contribution in [2.24, 2.45) is 0 Å². The fraction of sp³-hybridized carbons (Fsp3) is 0.286. The van der Waals surface area contributed by atoms with Gasteiger partial charge in [0, 0.05) is 36.3 Å². The number of furan rings is 1. The number of benzene rings is 4. The maximum atomic E-state index is 10.4. The molecule has 0 aliphatic carbocycles. The van der Waals surface area contributed by atoms with E-state index in [0.717, 1.165) is 22.3 Å². The molecule has 0 saturated carbocycles. The van der Waals surface area contributed by atoms with Gasteiger partial charge in [-0.05, 0) is 93.7 Å². The molecule has 0 radical (unpaired) electrons. The van der Waals surface area contributed by atoms with Crippen molar-refractivity contribution >= 4 is 21.9 Å². The zero-order valence-corrected chi connectivity index (χ0v) is 27.0. The van der Waals surface area contributed by atoms with E-state index in [9.17, 15) is 5.26 Å². The zero-order valence-electron chi connectivity index (χ0n) is 33.0. The Labute approximate surface area is 276 Å². The van der Waals surface area contributed by atoms with Crippen LogP contribution in [-0.2, 0) is 5.41 Å². The van der Waals surface area contributed by atoms with Crippen LogP contribution in [0.1, 0.15) is 102 Å². The van der Waals surface area contributed by atoms with Crippen LogP contribution in [0.3, 0.4) is 0 Å². The molecule has 0 N–H and O–H groups in total. The minimum Gasteiger partial charge on any atom is -0.454 e. The summed E-state index contributed by atoms with van der Waals surface area (Å²) in [5.74, 6) is 0.175. The molecular formula is C42H42N2O. The van der Waals surface area contributed by atoms with E-state index < -0.39 is 13.7 Å². The average molecular weight is 597 g/mol. The normalized spacial score (nSPS) is 14.6. The van der Waals surface area contributed by atoms with E-state index in [-0.39, 0.29) is 39.5 Å². The molecule has 0 fully saturated rings. The Bertz CT molecular complexity index is 2300. The standard InChI is InChI=1S/C42H42N2O/c1-24(2)33-19-29(42(7,8)9)20-34(25(3)4)39(33)35-21-37(44-23-27(35)6)31-16-15-26(5)38-32-18-17-30(28-13-11-10-12-14-28)36(22-43)40(32)45-41(31)38/h10-21,23-25H,1-9H3/i5D3,6D3. The van der Waals surface area contributed by atoms with Gasteiger partial charge in [0.2, 0.25) is 0 Å². The molecular weight excluding hydrogens is 548 g/mol. The Morgan fingerprint density at radius 3 is 2.04 bits per heavy atom. The van der Waals surface area contributed by atoms with Crippen molar-refractivity contribution in [2.75, 3.05) is 0 Å². The maximum Gasteiger partial charge on any atom is 0.153 e. The van der Waals surface area contributed by atoms with Crippen LogP contribution in [0.25, 0.3) is 55.4 Å². The van der Waals surface area contributed by atoms with Gasteiger partial charge in [-0.25, -0.2) is 0 Å². The monoisotopic (exact) mass is 596 g/mol. The first-order valence-corrected chi connectivity index (χ1v) is 15.5. The smallest absolute Gasteiger partial charge is 0.153 e. The summed E-state index contributed by atoms with van der Waals surface area (Å²) in [6.45, 7) is 10.1. The second kappa shape index (κ2) is 11.4. The first kappa shape index (κ1) is 23.7. The van der Waals surface area contributed by atoms with Crippen molar-refractivity contribution < 1.29 is 12.6 Å². The number of rotatable bonds is 5. The van der Waals surface area contributed by atoms with Crippen LogP contribution in [0.2, 0.25) is 0 Å². The molecule has 0 unspecified atom stereocenters. The number of fused-ring (bicyclic) bond motifs is 3. The Hall–Kier alpha value is -4.68. The van der Waals surface area contributed by atoms with Crippen molar-refractivity contribution in [1.29, 1.82) is 5.26 Å². The van der Waals surface area contributed by atoms with Crippen LogP contribution >= 0.6 is 0 Å². The van der Waals surface area contributed by atoms with Crippen LogP contribution < -0.4 is 0 Å². The second-order valence-corrected chi connectivity index (χ2v) is 13.5. The number of pyridine rings is 1. The molecule has 2 aromatic heterocycles. The molecule has 2 heterocycles. The summed E-state index contributed by atoms with van der Waals surface area (Å²) in [7, 11) is 0. The summed E-state index contributed by atoms with van der Waals surface area (Å²) in [6.07, 6.45) is 1.42. The highest BCUT2D eigenvalue weighted by atomic mass is 16.3. The van der Waals surface area contributed by atoms with E-state index >= 15 is 0 Å². The lowest BCUT2D eigenvalue weighted by molar-refractivity contribution is 0.587. The summed E-state index contributed by atoms with van der Waals surface area (Å²) in [5, 5.41) is 11.3. The van der Waals surface area contributed by atoms with Crippen LogP contribution in [0, 0.1) is 25.0 Å². The highest BCUT2D eigenvalue weighted by molar-refractivity contribution is 6.13. The van der Waals surface area contributed by atoms with Crippen LogP contribution in [-0.4, -0.2) is 4.98 Å². The van der Waals surface area contributed by atoms with E-state index in [0.29, 0.717) is 38.7 Å². The number of aryl methyl sites for hydroxylation is 2. The first-order chi connectivity index (χ1) is 23.8. The number of nitrogens with zero attached hydrogens (tertiary/aromatic N) is 2. The Morgan fingerprint density at radius 2 is 1.44 bits per heavy atom. The van der Waals surface area contributed by atoms with Gasteiger partial charge in [0.25, 0.3) is 0 Å². The van der Waals surface area contributed by atoms with Gasteiger partial charge in [0.1, 0.15) is 17.2 Å². The molecule has 0 spiro atoms. The van der Waals surface area contributed by atoms with Crippen LogP contribution in [0.4, 0.5) is 0 Å². The van der Waals surface area contributed by atoms with Gasteiger partial charge in [-0.1, -0.05) is 103 Å². The van der Waals surface area contributed by atoms with Gasteiger partial charge in [0.15, 0.2) is 5.58 Å². The number of aromatic nitrogens is 1. The highest BCUT2D eigenvalue weighted by Crippen LogP contribution is 2.44. The highest BCUT2D eigenvalue weighted by Gasteiger charge is 2.25. The molecule has 3 nitrogen and oxygen atoms in total. The number of hydrogen-bond acceptors (Lipinski definition) is 3. The van der Waals surface area contributed by atoms with Gasteiger partial charge in [-0.2, -0.15) is 5.26 Å². The van der Waals surface area contributed by atoms with Crippen molar-refractivity contribution in [3.05, 3.63) is 112 Å². The molecule has 0 saturated heterocycles. The number of nitriles is 1. The van der Waals surface area contributed by atoms with Gasteiger partial charge < -0.3 is 4.42 Å². The van der Waals surface area contributed by atoms with Gasteiger partial charge in [-0.3, -0.25) is 4.98 Å². The largest absolute Gasteiger partial charge is 0.454 e. The lowest BCUT2D eigenvalue weighted by atomic mass is 9.77. The molecule has 226 valence electrons. The molecule has 45 heavy (non-hydrogen) atoms. The third-order valence-electron chi connectivity index (χ3n) is 8.74. The van der Waals surface area contributed by atoms with Crippen molar-refractivity contribution in [1.82, 2.24) is 4.98 Å². The van der Waals surface area contributed by atoms with E-state index in [4.69, 9.17) is 17.6 Å². The minimum atomic E-state index is -2.48. The lowest BCUT2D eigenvalue weighted by Crippen LogP contribution is -2.14. The summed E-state index contributed by atoms with van der Waals surface area (Å²) in [6, 6.07) is 24.9. The van der Waals surface area contributed by atoms with Gasteiger partial charge in [0.05, 0.1) is 5.69 Å². The molecule has 0 atom stereocenters. The summed E-state index contributed by atoms with van der Waals surface area (Å²) >= 11 is 0. The average Bonchev–Trinajstić information content (AvgIpc) is 3.45. The van der Waals surface area contributed by atoms with E-state index in [1.54, 1.807) is 18.2 Å². The quantitative estimate of drug-likeness (QED) is 0.199. The lowest BCUT2D eigenvalue weighted by Gasteiger charge is -2.28. The Balaban J connectivity index is 1.72. The summed E-state index contributed by atoms with van der Waals surface area (Å²) < 4.78 is 57.4. The van der Waals surface area contributed by atoms with Crippen molar-refractivity contribution in [3.63, 3.8) is 0 Å². The fourth-order valence-electron chi connectivity index (χ4n) is 6.27. The second-order valence-electron chi connectivity index (χ2n) is 13.5. The van der Waals surface area contributed by atoms with Crippen molar-refractivity contribution in [2.45, 2.75) is 79.4 Å². The molecule has 0 aliphatic rings. The zero-order chi connectivity index (χ0) is 37.2. The van der Waals surface area contributed by atoms with Crippen molar-refractivity contribution in [3.8, 4) is 39.6 Å². The molecule has 3 heteroatoms. The summed E-state index contributed by atoms with van der Waals surface area (Å²) in [5.41, 5.74) is 8.11. The van der Waals surface area contributed by atoms with Crippen LogP contribution in [0.15, 0.2) is 83.4 Å². The van der Waals surface area contributed by atoms with E-state index in [1.165, 1.54) is 11.8 Å². The SMILES string of the molecule is [2H]C([2H])([2H])c1cnc(-c2ccc(C([2H])([2H])[2H])c3c2oc2c(C#N)c(-c4ccccc4)ccc23)cc1-c1c(C(C)C)cc(C(C)(C)C)cc1C(C)C. The van der Waals surface area contributed by atoms with Gasteiger partial charge >= 0.3 is 0 Å². The molecule has 4 aromatic carbocycles. The van der Waals surface area contributed by atoms with E-state index in [1.807, 2.05) is 42.5 Å². The molecule has 6 aromatic rings. The minimum absolute atomic E-state index is 0.0877. The third-order valence-corrected chi connectivity index (χ3v) is 8.74. The first-order valence-electron chi connectivity index (χ1n) is 18.5. The Kier molecular flexibility index (Phi) is 5.97. The maximum absolute atomic E-state index is 10.4. The predicted octanol–water partition coefficient (Wildman–Crippen LogP) is 12.0. The molecule has 6 rings (SSSR count). The van der Waals surface area contributed by atoms with Gasteiger partial charge in [-0.15, -0.1) is 0 Å². The molecule has 0 amide bonds. The summed E-state index contributed by atoms with van der Waals surface area (Å²) in [4.78, 5) is 4.70. The Morgan fingerprint density at radius 1 is 0.778 bits per heavy atom. The molecule has 0 bridgehead atoms. The van der Waals surface area contributed by atoms with E-state index in [2.05, 4.69) is 66.7 Å². The number of hydrogen-bond donors (Lipinski definition) is 0. The fourth-order valence-corrected chi connectivity index (χ4v) is 6.27. The topological polar surface area (TPSA) is 49.8 Å². The van der Waals surface area contributed by atoms with Crippen LogP contribution in [0.5, 0.6) is 0 Å². The predicted molar refractivity (Wildman–Crippen MR) is 189 cm³/mol. The molecule has 0 aliphatic heterocycles.